The second-order valence-corrected chi connectivity index (χ2v) is 13.0. The molecule has 0 saturated heterocycles. The molecule has 0 fully saturated rings. The first-order valence-corrected chi connectivity index (χ1v) is 16.8. The molecular weight excluding hydrogens is 885 g/mol. The largest absolute Gasteiger partial charge is 0.207 e. The fourth-order valence-electron chi connectivity index (χ4n) is 6.96. The van der Waals surface area contributed by atoms with Crippen LogP contribution in [0.15, 0.2) is 73.1 Å². The van der Waals surface area contributed by atoms with E-state index in [2.05, 4.69) is 71.6 Å². The second-order valence-electron chi connectivity index (χ2n) is 13.0. The van der Waals surface area contributed by atoms with E-state index in [1.54, 1.807) is 0 Å². The van der Waals surface area contributed by atoms with Crippen molar-refractivity contribution in [3.8, 4) is 0 Å². The molecule has 0 spiro atoms. The van der Waals surface area contributed by atoms with E-state index in [4.69, 9.17) is 0 Å². The van der Waals surface area contributed by atoms with Crippen LogP contribution >= 0.6 is 0 Å². The molecule has 6 aromatic carbocycles. The first-order chi connectivity index (χ1) is 29.1. The van der Waals surface area contributed by atoms with E-state index in [1.165, 1.54) is 16.3 Å². The van der Waals surface area contributed by atoms with Gasteiger partial charge in [-0.05, 0) is 16.8 Å². The van der Waals surface area contributed by atoms with Gasteiger partial charge >= 0.3 is 0 Å². The van der Waals surface area contributed by atoms with Crippen molar-refractivity contribution in [1.29, 1.82) is 0 Å². The topological polar surface area (TPSA) is 3.88 Å². The second kappa shape index (κ2) is 16.7. The van der Waals surface area contributed by atoms with Gasteiger partial charge in [0.15, 0.2) is 88.7 Å². The van der Waals surface area contributed by atoms with Crippen molar-refractivity contribution in [2.75, 3.05) is 0 Å². The molecule has 1 heterocycles. The van der Waals surface area contributed by atoms with Gasteiger partial charge < -0.3 is 0 Å². The lowest BCUT2D eigenvalue weighted by atomic mass is 9.12. The average Bonchev–Trinajstić information content (AvgIpc) is 3.26. The Morgan fingerprint density at radius 3 is 0.871 bits per heavy atom. The molecule has 322 valence electrons. The maximum atomic E-state index is 15.4. The molecule has 0 amide bonds. The van der Waals surface area contributed by atoms with Crippen molar-refractivity contribution in [2.24, 2.45) is 0 Å². The van der Waals surface area contributed by atoms with Crippen molar-refractivity contribution in [3.05, 3.63) is 195 Å². The van der Waals surface area contributed by atoms with Crippen molar-refractivity contribution >= 4 is 38.8 Å². The summed E-state index contributed by atoms with van der Waals surface area (Å²) < 4.78 is 296. The first-order valence-electron chi connectivity index (χ1n) is 16.8. The lowest BCUT2D eigenvalue weighted by Gasteiger charge is -2.44. The molecular formula is C40H14BF20N. The number of benzene rings is 6. The first kappa shape index (κ1) is 44.9. The third-order valence-corrected chi connectivity index (χ3v) is 9.66. The quantitative estimate of drug-likeness (QED) is 0.0517. The predicted molar refractivity (Wildman–Crippen MR) is 179 cm³/mol. The van der Waals surface area contributed by atoms with Crippen LogP contribution in [0.3, 0.4) is 0 Å². The van der Waals surface area contributed by atoms with Crippen LogP contribution in [0.2, 0.25) is 0 Å². The van der Waals surface area contributed by atoms with E-state index in [0.717, 1.165) is 6.54 Å². The fourth-order valence-corrected chi connectivity index (χ4v) is 6.96. The van der Waals surface area contributed by atoms with Gasteiger partial charge in [0, 0.05) is 17.7 Å². The number of hydrogen-bond acceptors (Lipinski definition) is 0. The highest BCUT2D eigenvalue weighted by Crippen LogP contribution is 2.31. The minimum Gasteiger partial charge on any atom is -0.207 e. The summed E-state index contributed by atoms with van der Waals surface area (Å²) in [5.74, 6) is -71.4. The highest BCUT2D eigenvalue weighted by molar-refractivity contribution is 7.20. The van der Waals surface area contributed by atoms with Crippen LogP contribution < -0.4 is 26.4 Å². The number of aromatic nitrogens is 1. The van der Waals surface area contributed by atoms with Crippen molar-refractivity contribution < 1.29 is 92.4 Å². The normalized spacial score (nSPS) is 11.6. The van der Waals surface area contributed by atoms with E-state index in [0.29, 0.717) is 0 Å². The van der Waals surface area contributed by atoms with Crippen LogP contribution in [0.5, 0.6) is 0 Å². The molecule has 0 aliphatic heterocycles. The summed E-state index contributed by atoms with van der Waals surface area (Å²) in [4.78, 5) is 0. The molecule has 0 saturated carbocycles. The van der Waals surface area contributed by atoms with E-state index in [1.807, 2.05) is 6.07 Å². The summed E-state index contributed by atoms with van der Waals surface area (Å²) in [5, 5.41) is 2.61. The lowest BCUT2D eigenvalue weighted by molar-refractivity contribution is -0.688. The molecule has 0 radical (unpaired) electrons. The van der Waals surface area contributed by atoms with Gasteiger partial charge in [-0.1, -0.05) is 42.5 Å². The zero-order chi connectivity index (χ0) is 45.9. The lowest BCUT2D eigenvalue weighted by Crippen LogP contribution is -2.81. The summed E-state index contributed by atoms with van der Waals surface area (Å²) in [6.07, 6.45) is -3.03. The molecule has 0 unspecified atom stereocenters. The van der Waals surface area contributed by atoms with Crippen LogP contribution in [0.25, 0.3) is 10.8 Å². The molecule has 0 N–H and O–H groups in total. The van der Waals surface area contributed by atoms with Crippen molar-refractivity contribution in [1.82, 2.24) is 0 Å². The van der Waals surface area contributed by atoms with Crippen molar-refractivity contribution in [2.45, 2.75) is 6.54 Å². The molecule has 1 aromatic heterocycles. The summed E-state index contributed by atoms with van der Waals surface area (Å²) in [6.45, 7) is 0.922. The number of nitrogens with zero attached hydrogens (tertiary/aromatic N) is 1. The van der Waals surface area contributed by atoms with Gasteiger partial charge in [0.2, 0.25) is 0 Å². The molecule has 1 nitrogen and oxygen atoms in total. The Balaban J connectivity index is 0.000000311. The third kappa shape index (κ3) is 6.93. The number of pyridine rings is 1. The van der Waals surface area contributed by atoms with Crippen LogP contribution in [0.1, 0.15) is 5.56 Å². The summed E-state index contributed by atoms with van der Waals surface area (Å²) in [7, 11) is 0. The molecule has 0 aliphatic rings. The van der Waals surface area contributed by atoms with Crippen LogP contribution in [-0.2, 0) is 6.54 Å². The highest BCUT2D eigenvalue weighted by Gasteiger charge is 2.52. The Morgan fingerprint density at radius 2 is 0.565 bits per heavy atom. The number of fused-ring (bicyclic) bond motifs is 1. The fraction of sp³-hybridized carbons (Fsp3) is 0.0250. The predicted octanol–water partition coefficient (Wildman–Crippen LogP) is 9.02. The standard InChI is InChI=1S/C24BF20.C16H14N/c26-5-1(6(27)14(35)21(42)13(5)34)25(2-7(28)15(36)22(43)16(37)8(2)29,3-9(30)17(38)23(44)18(39)10(3)31)4-11(32)19(40)24(45)20(41)12(4)33;1-4-10-17(11-5-1)13-14-8-9-15-6-2-3-7-16(15)12-14/h;1-12H,13H2/q-1;+1. The Morgan fingerprint density at radius 1 is 0.290 bits per heavy atom. The van der Waals surface area contributed by atoms with Crippen LogP contribution in [0, 0.1) is 116 Å². The van der Waals surface area contributed by atoms with Crippen LogP contribution in [0.4, 0.5) is 87.8 Å². The van der Waals surface area contributed by atoms with E-state index in [9.17, 15) is 52.7 Å². The molecule has 0 aliphatic carbocycles. The van der Waals surface area contributed by atoms with Crippen molar-refractivity contribution in [3.63, 3.8) is 0 Å². The third-order valence-electron chi connectivity index (χ3n) is 9.66. The zero-order valence-corrected chi connectivity index (χ0v) is 29.7. The zero-order valence-electron chi connectivity index (χ0n) is 29.7. The molecule has 62 heavy (non-hydrogen) atoms. The van der Waals surface area contributed by atoms with E-state index < -0.39 is 144 Å². The Labute approximate surface area is 332 Å². The van der Waals surface area contributed by atoms with Gasteiger partial charge in [-0.3, -0.25) is 0 Å². The monoisotopic (exact) mass is 899 g/mol. The minimum atomic E-state index is -7.22. The molecule has 22 heteroatoms. The molecule has 7 rings (SSSR count). The summed E-state index contributed by atoms with van der Waals surface area (Å²) >= 11 is 0. The molecule has 0 bridgehead atoms. The van der Waals surface area contributed by atoms with Gasteiger partial charge in [0.25, 0.3) is 0 Å². The van der Waals surface area contributed by atoms with Gasteiger partial charge in [-0.15, -0.1) is 21.9 Å². The van der Waals surface area contributed by atoms with Crippen LogP contribution in [-0.4, -0.2) is 6.15 Å². The Hall–Kier alpha value is -6.61. The highest BCUT2D eigenvalue weighted by atomic mass is 19.2. The number of halogens is 20. The van der Waals surface area contributed by atoms with Gasteiger partial charge in [-0.25, -0.2) is 92.4 Å². The molecule has 0 atom stereocenters. The van der Waals surface area contributed by atoms with E-state index >= 15 is 35.1 Å². The Bertz CT molecular complexity index is 2560. The summed E-state index contributed by atoms with van der Waals surface area (Å²) in [6, 6.07) is 21.3. The SMILES string of the molecule is Fc1c(F)c(F)c([B-](c2c(F)c(F)c(F)c(F)c2F)(c2c(F)c(F)c(F)c(F)c2F)c2c(F)c(F)c(F)c(F)c2F)c(F)c1F.c1cc[n+](Cc2ccc3ccccc3c2)cc1. The average molecular weight is 899 g/mol. The maximum absolute atomic E-state index is 15.4. The number of hydrogen-bond donors (Lipinski definition) is 0. The summed E-state index contributed by atoms with van der Waals surface area (Å²) in [5.41, 5.74) is -13.0. The van der Waals surface area contributed by atoms with Gasteiger partial charge in [-0.2, -0.15) is 0 Å². The number of rotatable bonds is 6. The van der Waals surface area contributed by atoms with E-state index in [-0.39, 0.29) is 0 Å². The smallest absolute Gasteiger partial charge is 0.200 e. The maximum Gasteiger partial charge on any atom is 0.200 e. The minimum absolute atomic E-state index is 0.922. The van der Waals surface area contributed by atoms with Gasteiger partial charge in [0.1, 0.15) is 52.7 Å². The Kier molecular flexibility index (Phi) is 12.1. The van der Waals surface area contributed by atoms with Gasteiger partial charge in [0.05, 0.1) is 0 Å². The molecule has 7 aromatic rings.